The second kappa shape index (κ2) is 10.9. The van der Waals surface area contributed by atoms with E-state index in [0.29, 0.717) is 33.7 Å². The Kier molecular flexibility index (Phi) is 7.78. The number of thiophene rings is 1. The zero-order chi connectivity index (χ0) is 27.6. The molecule has 202 valence electrons. The van der Waals surface area contributed by atoms with Crippen LogP contribution in [-0.4, -0.2) is 55.0 Å². The lowest BCUT2D eigenvalue weighted by Gasteiger charge is -2.29. The van der Waals surface area contributed by atoms with Crippen molar-refractivity contribution < 1.29 is 32.3 Å². The molecule has 10 nitrogen and oxygen atoms in total. The summed E-state index contributed by atoms with van der Waals surface area (Å²) in [6.07, 6.45) is 0.866. The lowest BCUT2D eigenvalue weighted by atomic mass is 9.91. The molecule has 4 aromatic rings. The second-order valence-electron chi connectivity index (χ2n) is 8.65. The molecule has 1 aromatic carbocycles. The summed E-state index contributed by atoms with van der Waals surface area (Å²) < 4.78 is 47.7. The number of hydrogen-bond acceptors (Lipinski definition) is 8. The van der Waals surface area contributed by atoms with Crippen molar-refractivity contribution in [3.05, 3.63) is 41.2 Å². The third-order valence-corrected chi connectivity index (χ3v) is 6.89. The lowest BCUT2D eigenvalue weighted by molar-refractivity contribution is -0.192. The van der Waals surface area contributed by atoms with Crippen LogP contribution in [0.3, 0.4) is 0 Å². The van der Waals surface area contributed by atoms with Crippen molar-refractivity contribution in [2.24, 2.45) is 12.8 Å². The molecular weight excluding hydrogens is 530 g/mol. The highest BCUT2D eigenvalue weighted by Gasteiger charge is 2.38. The highest BCUT2D eigenvalue weighted by molar-refractivity contribution is 7.17. The molecule has 5 rings (SSSR count). The number of nitrogens with two attached hydrogens (primary N) is 1. The van der Waals surface area contributed by atoms with Crippen molar-refractivity contribution in [1.82, 2.24) is 19.7 Å². The van der Waals surface area contributed by atoms with Crippen molar-refractivity contribution in [2.45, 2.75) is 43.9 Å². The summed E-state index contributed by atoms with van der Waals surface area (Å²) in [5, 5.41) is 20.1. The number of fused-ring (bicyclic) bond motifs is 2. The van der Waals surface area contributed by atoms with Gasteiger partial charge in [-0.25, -0.2) is 19.2 Å². The number of carboxylic acid groups (broad SMARTS) is 1. The van der Waals surface area contributed by atoms with Crippen molar-refractivity contribution in [2.75, 3.05) is 10.6 Å². The molecule has 38 heavy (non-hydrogen) atoms. The van der Waals surface area contributed by atoms with Gasteiger partial charge in [0.15, 0.2) is 5.82 Å². The maximum atomic E-state index is 13.6. The van der Waals surface area contributed by atoms with Gasteiger partial charge in [-0.1, -0.05) is 12.8 Å². The van der Waals surface area contributed by atoms with Crippen LogP contribution < -0.4 is 16.4 Å². The number of rotatable bonds is 4. The maximum absolute atomic E-state index is 13.6. The zero-order valence-corrected chi connectivity index (χ0v) is 20.7. The predicted molar refractivity (Wildman–Crippen MR) is 134 cm³/mol. The van der Waals surface area contributed by atoms with E-state index in [9.17, 15) is 22.4 Å². The van der Waals surface area contributed by atoms with Crippen LogP contribution in [-0.2, 0) is 11.8 Å². The van der Waals surface area contributed by atoms with E-state index in [-0.39, 0.29) is 23.8 Å². The fourth-order valence-corrected chi connectivity index (χ4v) is 4.91. The molecule has 1 aliphatic rings. The topological polar surface area (TPSA) is 148 Å². The molecule has 0 unspecified atom stereocenters. The summed E-state index contributed by atoms with van der Waals surface area (Å²) in [5.74, 6) is -2.59. The van der Waals surface area contributed by atoms with Crippen LogP contribution in [0.2, 0.25) is 0 Å². The monoisotopic (exact) mass is 553 g/mol. The number of anilines is 2. The zero-order valence-electron chi connectivity index (χ0n) is 19.9. The molecule has 0 saturated heterocycles. The quantitative estimate of drug-likeness (QED) is 0.274. The minimum absolute atomic E-state index is 0.0700. The van der Waals surface area contributed by atoms with Crippen molar-refractivity contribution >= 4 is 56.1 Å². The Morgan fingerprint density at radius 2 is 1.95 bits per heavy atom. The minimum Gasteiger partial charge on any atom is -0.475 e. The molecule has 15 heteroatoms. The van der Waals surface area contributed by atoms with Crippen molar-refractivity contribution in [3.63, 3.8) is 0 Å². The van der Waals surface area contributed by atoms with E-state index in [1.54, 1.807) is 24.7 Å². The lowest BCUT2D eigenvalue weighted by Crippen LogP contribution is -2.42. The molecule has 0 aliphatic heterocycles. The number of nitrogens with zero attached hydrogens (tertiary/aromatic N) is 4. The smallest absolute Gasteiger partial charge is 0.475 e. The average molecular weight is 554 g/mol. The Balaban J connectivity index is 0.000000426. The Morgan fingerprint density at radius 1 is 1.24 bits per heavy atom. The van der Waals surface area contributed by atoms with Crippen LogP contribution in [0, 0.1) is 5.82 Å². The first-order valence-electron chi connectivity index (χ1n) is 11.4. The van der Waals surface area contributed by atoms with E-state index in [0.717, 1.165) is 30.4 Å². The number of alkyl halides is 3. The first-order valence-corrected chi connectivity index (χ1v) is 12.3. The Labute approximate surface area is 216 Å². The summed E-state index contributed by atoms with van der Waals surface area (Å²) in [6.45, 7) is 0. The molecule has 2 atom stereocenters. The van der Waals surface area contributed by atoms with Crippen LogP contribution in [0.25, 0.3) is 21.1 Å². The van der Waals surface area contributed by atoms with Crippen LogP contribution in [0.1, 0.15) is 36.0 Å². The van der Waals surface area contributed by atoms with E-state index < -0.39 is 12.1 Å². The van der Waals surface area contributed by atoms with Gasteiger partial charge in [0.1, 0.15) is 5.82 Å². The van der Waals surface area contributed by atoms with Gasteiger partial charge in [-0.2, -0.15) is 18.3 Å². The number of amides is 1. The minimum atomic E-state index is -5.08. The summed E-state index contributed by atoms with van der Waals surface area (Å²) in [5.41, 5.74) is 7.85. The molecule has 1 amide bonds. The van der Waals surface area contributed by atoms with Crippen LogP contribution in [0.5, 0.6) is 0 Å². The maximum Gasteiger partial charge on any atom is 0.490 e. The van der Waals surface area contributed by atoms with Gasteiger partial charge in [-0.3, -0.25) is 9.48 Å². The van der Waals surface area contributed by atoms with Crippen molar-refractivity contribution in [3.8, 4) is 0 Å². The van der Waals surface area contributed by atoms with E-state index >= 15 is 0 Å². The molecule has 0 radical (unpaired) electrons. The average Bonchev–Trinajstić information content (AvgIpc) is 3.41. The van der Waals surface area contributed by atoms with Crippen molar-refractivity contribution in [1.29, 1.82) is 0 Å². The number of aliphatic carboxylic acids is 1. The van der Waals surface area contributed by atoms with E-state index in [1.807, 2.05) is 0 Å². The van der Waals surface area contributed by atoms with E-state index in [1.165, 1.54) is 28.2 Å². The summed E-state index contributed by atoms with van der Waals surface area (Å²) in [6, 6.07) is 4.54. The summed E-state index contributed by atoms with van der Waals surface area (Å²) in [4.78, 5) is 30.9. The number of nitrogens with one attached hydrogen (secondary N) is 2. The summed E-state index contributed by atoms with van der Waals surface area (Å²) in [7, 11) is 1.71. The molecule has 3 aromatic heterocycles. The number of aromatic nitrogens is 4. The largest absolute Gasteiger partial charge is 0.490 e. The number of carboxylic acids is 1. The molecule has 1 saturated carbocycles. The first kappa shape index (κ1) is 27.2. The van der Waals surface area contributed by atoms with Gasteiger partial charge in [0.2, 0.25) is 5.95 Å². The predicted octanol–water partition coefficient (Wildman–Crippen LogP) is 4.28. The van der Waals surface area contributed by atoms with E-state index in [2.05, 4.69) is 25.7 Å². The van der Waals surface area contributed by atoms with Gasteiger partial charge in [-0.05, 0) is 31.0 Å². The fraction of sp³-hybridized carbons (Fsp3) is 0.348. The molecule has 3 heterocycles. The van der Waals surface area contributed by atoms with Gasteiger partial charge < -0.3 is 21.5 Å². The summed E-state index contributed by atoms with van der Waals surface area (Å²) >= 11 is 1.41. The van der Waals surface area contributed by atoms with Crippen LogP contribution in [0.15, 0.2) is 29.8 Å². The number of carbonyl (C=O) groups is 2. The van der Waals surface area contributed by atoms with E-state index in [4.69, 9.17) is 15.6 Å². The number of carbonyl (C=O) groups excluding carboxylic acids is 1. The third kappa shape index (κ3) is 5.99. The van der Waals surface area contributed by atoms with Crippen LogP contribution in [0.4, 0.5) is 29.3 Å². The SMILES string of the molecule is Cn1nc(NC(=O)c2csc3cnc(N[C@@H]4CCCC[C@@H]4N)nc23)c2ccc(F)cc21.O=C(O)C(F)(F)F. The van der Waals surface area contributed by atoms with Gasteiger partial charge in [-0.15, -0.1) is 11.3 Å². The Bertz CT molecular complexity index is 1490. The Hall–Kier alpha value is -3.85. The van der Waals surface area contributed by atoms with Gasteiger partial charge >= 0.3 is 12.1 Å². The van der Waals surface area contributed by atoms with Gasteiger partial charge in [0, 0.05) is 29.9 Å². The number of hydrogen-bond donors (Lipinski definition) is 4. The molecule has 5 N–H and O–H groups in total. The molecule has 0 bridgehead atoms. The second-order valence-corrected chi connectivity index (χ2v) is 9.56. The molecule has 1 fully saturated rings. The number of benzene rings is 1. The molecule has 1 aliphatic carbocycles. The van der Waals surface area contributed by atoms with Gasteiger partial charge in [0.25, 0.3) is 5.91 Å². The number of aryl methyl sites for hydroxylation is 1. The first-order chi connectivity index (χ1) is 17.9. The Morgan fingerprint density at radius 3 is 2.63 bits per heavy atom. The normalized spacial score (nSPS) is 17.6. The van der Waals surface area contributed by atoms with Gasteiger partial charge in [0.05, 0.1) is 27.5 Å². The highest BCUT2D eigenvalue weighted by Crippen LogP contribution is 2.28. The standard InChI is InChI=1S/C21H22FN7OS.C2HF3O2/c1-29-16-8-11(22)6-7-12(16)19(28-29)27-20(30)13-10-31-17-9-24-21(26-18(13)17)25-15-5-3-2-4-14(15)23;3-2(4,5)1(6)7/h6-10,14-15H,2-5,23H2,1H3,(H,24,25,26)(H,27,28,30);(H,6,7)/t14-,15+;/m0./s1. The fourth-order valence-electron chi connectivity index (χ4n) is 4.06. The molecule has 0 spiro atoms. The third-order valence-electron chi connectivity index (χ3n) is 5.98. The highest BCUT2D eigenvalue weighted by atomic mass is 32.1. The molecular formula is C23H23F4N7O3S. The van der Waals surface area contributed by atoms with Crippen LogP contribution >= 0.6 is 11.3 Å². The number of halogens is 4.